The molecule has 1 N–H and O–H groups in total. The molecular formula is C15H19N3O5S. The highest BCUT2D eigenvalue weighted by Crippen LogP contribution is 2.16. The van der Waals surface area contributed by atoms with Gasteiger partial charge in [-0.25, -0.2) is 17.5 Å². The second-order valence-electron chi connectivity index (χ2n) is 5.67. The quantitative estimate of drug-likeness (QED) is 0.871. The molecule has 1 aromatic carbocycles. The molecule has 8 nitrogen and oxygen atoms in total. The molecule has 0 radical (unpaired) electrons. The van der Waals surface area contributed by atoms with E-state index in [1.165, 1.54) is 10.4 Å². The summed E-state index contributed by atoms with van der Waals surface area (Å²) in [6, 6.07) is 4.78. The molecule has 24 heavy (non-hydrogen) atoms. The highest BCUT2D eigenvalue weighted by molar-refractivity contribution is 7.89. The summed E-state index contributed by atoms with van der Waals surface area (Å²) in [5.41, 5.74) is 1.28. The number of hydrogen-bond donors (Lipinski definition) is 1. The lowest BCUT2D eigenvalue weighted by Gasteiger charge is -2.21. The summed E-state index contributed by atoms with van der Waals surface area (Å²) < 4.78 is 30.4. The number of aromatic nitrogens is 1. The number of fused-ring (bicyclic) bond motifs is 1. The van der Waals surface area contributed by atoms with Gasteiger partial charge in [-0.15, -0.1) is 0 Å². The molecule has 0 unspecified atom stereocenters. The molecule has 1 aromatic heterocycles. The van der Waals surface area contributed by atoms with Crippen LogP contribution in [0.5, 0.6) is 0 Å². The van der Waals surface area contributed by atoms with Crippen LogP contribution in [-0.2, 0) is 10.0 Å². The lowest BCUT2D eigenvalue weighted by molar-refractivity contribution is 0.0764. The zero-order valence-electron chi connectivity index (χ0n) is 13.3. The van der Waals surface area contributed by atoms with Crippen molar-refractivity contribution in [1.82, 2.24) is 14.2 Å². The summed E-state index contributed by atoms with van der Waals surface area (Å²) in [7, 11) is -3.24. The first-order valence-electron chi connectivity index (χ1n) is 7.80. The molecule has 1 saturated heterocycles. The van der Waals surface area contributed by atoms with Gasteiger partial charge in [-0.3, -0.25) is 9.78 Å². The highest BCUT2D eigenvalue weighted by atomic mass is 32.2. The second-order valence-corrected chi connectivity index (χ2v) is 7.93. The van der Waals surface area contributed by atoms with Gasteiger partial charge in [0.05, 0.1) is 11.3 Å². The number of carbonyl (C=O) groups excluding carboxylic acids is 1. The number of amides is 1. The number of hydrogen-bond acceptors (Lipinski definition) is 5. The standard InChI is InChI=1S/C15H19N3O5S/c1-2-24(21,22)18-7-3-6-17(8-9-18)14(19)11-4-5-12-13(10-11)23-15(20)16-12/h4-5,10H,2-3,6-9H2,1H3,(H,16,20). The maximum Gasteiger partial charge on any atom is 0.417 e. The van der Waals surface area contributed by atoms with Gasteiger partial charge in [0.1, 0.15) is 0 Å². The summed E-state index contributed by atoms with van der Waals surface area (Å²) in [6.07, 6.45) is 0.590. The molecule has 0 aliphatic carbocycles. The molecule has 0 bridgehead atoms. The average Bonchev–Trinajstić information content (AvgIpc) is 2.77. The molecule has 0 saturated carbocycles. The Balaban J connectivity index is 1.78. The lowest BCUT2D eigenvalue weighted by Crippen LogP contribution is -2.37. The Kier molecular flexibility index (Phi) is 4.46. The molecule has 0 atom stereocenters. The first-order chi connectivity index (χ1) is 11.4. The van der Waals surface area contributed by atoms with Gasteiger partial charge in [0, 0.05) is 31.7 Å². The van der Waals surface area contributed by atoms with Crippen LogP contribution in [0.4, 0.5) is 0 Å². The fourth-order valence-electron chi connectivity index (χ4n) is 2.82. The van der Waals surface area contributed by atoms with E-state index in [1.54, 1.807) is 24.0 Å². The molecule has 1 aliphatic rings. The van der Waals surface area contributed by atoms with Gasteiger partial charge in [-0.1, -0.05) is 0 Å². The number of nitrogens with zero attached hydrogens (tertiary/aromatic N) is 2. The third kappa shape index (κ3) is 3.22. The summed E-state index contributed by atoms with van der Waals surface area (Å²) in [5, 5.41) is 0. The molecule has 1 fully saturated rings. The Bertz CT molecular complexity index is 915. The van der Waals surface area contributed by atoms with Crippen LogP contribution in [0.1, 0.15) is 23.7 Å². The Hall–Kier alpha value is -2.13. The first kappa shape index (κ1) is 16.7. The molecule has 130 valence electrons. The number of H-pyrrole nitrogens is 1. The summed E-state index contributed by atoms with van der Waals surface area (Å²) in [5.74, 6) is -0.703. The van der Waals surface area contributed by atoms with Crippen molar-refractivity contribution in [1.29, 1.82) is 0 Å². The fraction of sp³-hybridized carbons (Fsp3) is 0.467. The minimum atomic E-state index is -3.24. The van der Waals surface area contributed by atoms with Gasteiger partial charge in [-0.2, -0.15) is 0 Å². The Labute approximate surface area is 139 Å². The SMILES string of the molecule is CCS(=O)(=O)N1CCCN(C(=O)c2ccc3[nH]c(=O)oc3c2)CC1. The highest BCUT2D eigenvalue weighted by Gasteiger charge is 2.26. The average molecular weight is 353 g/mol. The first-order valence-corrected chi connectivity index (χ1v) is 9.41. The zero-order chi connectivity index (χ0) is 17.3. The third-order valence-corrected chi connectivity index (χ3v) is 6.05. The van der Waals surface area contributed by atoms with Crippen molar-refractivity contribution >= 4 is 27.0 Å². The lowest BCUT2D eigenvalue weighted by atomic mass is 10.1. The number of aromatic amines is 1. The van der Waals surface area contributed by atoms with E-state index in [-0.39, 0.29) is 11.7 Å². The summed E-state index contributed by atoms with van der Waals surface area (Å²) >= 11 is 0. The minimum Gasteiger partial charge on any atom is -0.408 e. The van der Waals surface area contributed by atoms with E-state index in [9.17, 15) is 18.0 Å². The maximum absolute atomic E-state index is 12.7. The molecule has 3 rings (SSSR count). The molecule has 0 spiro atoms. The van der Waals surface area contributed by atoms with Gasteiger partial charge in [0.25, 0.3) is 5.91 Å². The van der Waals surface area contributed by atoms with Crippen molar-refractivity contribution in [3.8, 4) is 0 Å². The van der Waals surface area contributed by atoms with Crippen LogP contribution >= 0.6 is 0 Å². The Morgan fingerprint density at radius 1 is 1.25 bits per heavy atom. The minimum absolute atomic E-state index is 0.0597. The van der Waals surface area contributed by atoms with E-state index in [2.05, 4.69) is 4.98 Å². The van der Waals surface area contributed by atoms with Crippen molar-refractivity contribution < 1.29 is 17.6 Å². The van der Waals surface area contributed by atoms with Gasteiger partial charge in [-0.05, 0) is 31.5 Å². The number of benzene rings is 1. The molecule has 1 amide bonds. The van der Waals surface area contributed by atoms with Crippen molar-refractivity contribution in [2.45, 2.75) is 13.3 Å². The second kappa shape index (κ2) is 6.40. The molecule has 2 heterocycles. The maximum atomic E-state index is 12.7. The predicted octanol–water partition coefficient (Wildman–Crippen LogP) is 0.619. The van der Waals surface area contributed by atoms with Gasteiger partial charge >= 0.3 is 5.76 Å². The number of nitrogens with one attached hydrogen (secondary N) is 1. The van der Waals surface area contributed by atoms with Crippen LogP contribution in [0.25, 0.3) is 11.1 Å². The summed E-state index contributed by atoms with van der Waals surface area (Å²) in [4.78, 5) is 28.0. The van der Waals surface area contributed by atoms with Crippen LogP contribution in [0.15, 0.2) is 27.4 Å². The summed E-state index contributed by atoms with van der Waals surface area (Å²) in [6.45, 7) is 3.16. The van der Waals surface area contributed by atoms with E-state index >= 15 is 0 Å². The molecular weight excluding hydrogens is 334 g/mol. The van der Waals surface area contributed by atoms with Crippen LogP contribution in [0, 0.1) is 0 Å². The van der Waals surface area contributed by atoms with Crippen molar-refractivity contribution in [2.24, 2.45) is 0 Å². The van der Waals surface area contributed by atoms with E-state index in [1.807, 2.05) is 0 Å². The zero-order valence-corrected chi connectivity index (χ0v) is 14.1. The van der Waals surface area contributed by atoms with Crippen LogP contribution in [0.3, 0.4) is 0 Å². The smallest absolute Gasteiger partial charge is 0.408 e. The number of oxazole rings is 1. The molecule has 9 heteroatoms. The topological polar surface area (TPSA) is 104 Å². The van der Waals surface area contributed by atoms with Gasteiger partial charge < -0.3 is 9.32 Å². The van der Waals surface area contributed by atoms with E-state index in [0.717, 1.165) is 0 Å². The molecule has 2 aromatic rings. The molecule has 1 aliphatic heterocycles. The van der Waals surface area contributed by atoms with E-state index < -0.39 is 15.8 Å². The Morgan fingerprint density at radius 2 is 2.04 bits per heavy atom. The van der Waals surface area contributed by atoms with Crippen molar-refractivity contribution in [2.75, 3.05) is 31.9 Å². The number of sulfonamides is 1. The number of carbonyl (C=O) groups is 1. The normalized spacial score (nSPS) is 17.1. The third-order valence-electron chi connectivity index (χ3n) is 4.17. The van der Waals surface area contributed by atoms with E-state index in [4.69, 9.17) is 4.42 Å². The van der Waals surface area contributed by atoms with Gasteiger partial charge in [0.15, 0.2) is 5.58 Å². The largest absolute Gasteiger partial charge is 0.417 e. The van der Waals surface area contributed by atoms with Crippen molar-refractivity contribution in [3.63, 3.8) is 0 Å². The predicted molar refractivity (Wildman–Crippen MR) is 88.4 cm³/mol. The van der Waals surface area contributed by atoms with Crippen LogP contribution in [0.2, 0.25) is 0 Å². The van der Waals surface area contributed by atoms with Crippen LogP contribution < -0.4 is 5.76 Å². The monoisotopic (exact) mass is 353 g/mol. The van der Waals surface area contributed by atoms with Crippen molar-refractivity contribution in [3.05, 3.63) is 34.3 Å². The van der Waals surface area contributed by atoms with Crippen LogP contribution in [-0.4, -0.2) is 60.4 Å². The van der Waals surface area contributed by atoms with Gasteiger partial charge in [0.2, 0.25) is 10.0 Å². The van der Waals surface area contributed by atoms with E-state index in [0.29, 0.717) is 49.3 Å². The fourth-order valence-corrected chi connectivity index (χ4v) is 3.95. The number of rotatable bonds is 3. The Morgan fingerprint density at radius 3 is 2.79 bits per heavy atom.